The Kier molecular flexibility index (Phi) is 3.73. The number of carboxylic acid groups (broad SMARTS) is 1. The van der Waals surface area contributed by atoms with Gasteiger partial charge in [-0.15, -0.1) is 0 Å². The molecule has 1 aliphatic rings. The molecule has 8 heteroatoms. The highest BCUT2D eigenvalue weighted by Gasteiger charge is 2.30. The van der Waals surface area contributed by atoms with Crippen molar-refractivity contribution in [3.05, 3.63) is 40.1 Å². The van der Waals surface area contributed by atoms with Crippen LogP contribution in [-0.4, -0.2) is 39.9 Å². The quantitative estimate of drug-likeness (QED) is 0.686. The van der Waals surface area contributed by atoms with E-state index in [9.17, 15) is 19.7 Å². The number of non-ortho nitro benzene ring substituents is 1. The topological polar surface area (TPSA) is 114 Å². The fourth-order valence-electron chi connectivity index (χ4n) is 2.77. The SMILES string of the molecule is O=C(O)C1CCCN(C(=O)c2cc3cc([N+](=O)[O-])ccc3o2)C1. The van der Waals surface area contributed by atoms with E-state index in [-0.39, 0.29) is 18.0 Å². The second-order valence-electron chi connectivity index (χ2n) is 5.52. The van der Waals surface area contributed by atoms with E-state index in [1.165, 1.54) is 29.2 Å². The number of aliphatic carboxylic acids is 1. The molecule has 1 saturated heterocycles. The molecule has 2 aromatic rings. The van der Waals surface area contributed by atoms with E-state index in [0.717, 1.165) is 0 Å². The number of nitro benzene ring substituents is 1. The number of likely N-dealkylation sites (tertiary alicyclic amines) is 1. The highest BCUT2D eigenvalue weighted by Crippen LogP contribution is 2.26. The Morgan fingerprint density at radius 1 is 1.35 bits per heavy atom. The van der Waals surface area contributed by atoms with Gasteiger partial charge in [0.15, 0.2) is 5.76 Å². The Morgan fingerprint density at radius 2 is 2.13 bits per heavy atom. The Balaban J connectivity index is 1.86. The van der Waals surface area contributed by atoms with E-state index in [1.807, 2.05) is 0 Å². The molecule has 1 aromatic heterocycles. The second-order valence-corrected chi connectivity index (χ2v) is 5.52. The summed E-state index contributed by atoms with van der Waals surface area (Å²) < 4.78 is 5.45. The lowest BCUT2D eigenvalue weighted by molar-refractivity contribution is -0.384. The van der Waals surface area contributed by atoms with Crippen LogP contribution >= 0.6 is 0 Å². The van der Waals surface area contributed by atoms with Gasteiger partial charge in [-0.3, -0.25) is 19.7 Å². The third-order valence-corrected chi connectivity index (χ3v) is 3.98. The van der Waals surface area contributed by atoms with Crippen molar-refractivity contribution in [3.63, 3.8) is 0 Å². The van der Waals surface area contributed by atoms with Gasteiger partial charge in [-0.1, -0.05) is 0 Å². The highest BCUT2D eigenvalue weighted by molar-refractivity contribution is 5.96. The van der Waals surface area contributed by atoms with Gasteiger partial charge in [-0.05, 0) is 25.0 Å². The Labute approximate surface area is 130 Å². The van der Waals surface area contributed by atoms with Crippen molar-refractivity contribution in [2.24, 2.45) is 5.92 Å². The molecule has 0 bridgehead atoms. The van der Waals surface area contributed by atoms with Crippen LogP contribution in [0.15, 0.2) is 28.7 Å². The van der Waals surface area contributed by atoms with Crippen LogP contribution in [0.3, 0.4) is 0 Å². The zero-order valence-electron chi connectivity index (χ0n) is 12.1. The maximum absolute atomic E-state index is 12.5. The van der Waals surface area contributed by atoms with Gasteiger partial charge in [0, 0.05) is 30.6 Å². The number of furan rings is 1. The summed E-state index contributed by atoms with van der Waals surface area (Å²) in [5.41, 5.74) is 0.298. The summed E-state index contributed by atoms with van der Waals surface area (Å²) in [6.45, 7) is 0.616. The number of hydrogen-bond acceptors (Lipinski definition) is 5. The molecule has 1 fully saturated rings. The van der Waals surface area contributed by atoms with Gasteiger partial charge in [0.25, 0.3) is 11.6 Å². The van der Waals surface area contributed by atoms with E-state index < -0.39 is 22.7 Å². The zero-order valence-corrected chi connectivity index (χ0v) is 12.1. The number of piperidine rings is 1. The number of benzene rings is 1. The summed E-state index contributed by atoms with van der Waals surface area (Å²) in [5.74, 6) is -1.82. The first-order chi connectivity index (χ1) is 11.0. The lowest BCUT2D eigenvalue weighted by Crippen LogP contribution is -2.42. The molecule has 1 atom stereocenters. The van der Waals surface area contributed by atoms with E-state index in [4.69, 9.17) is 9.52 Å². The monoisotopic (exact) mass is 318 g/mol. The minimum absolute atomic E-state index is 0.0616. The normalized spacial score (nSPS) is 18.1. The summed E-state index contributed by atoms with van der Waals surface area (Å²) in [7, 11) is 0. The largest absolute Gasteiger partial charge is 0.481 e. The van der Waals surface area contributed by atoms with E-state index in [2.05, 4.69) is 0 Å². The average Bonchev–Trinajstić information content (AvgIpc) is 2.97. The predicted octanol–water partition coefficient (Wildman–Crippen LogP) is 2.28. The first-order valence-electron chi connectivity index (χ1n) is 7.16. The average molecular weight is 318 g/mol. The molecule has 3 rings (SSSR count). The summed E-state index contributed by atoms with van der Waals surface area (Å²) in [6, 6.07) is 5.54. The highest BCUT2D eigenvalue weighted by atomic mass is 16.6. The van der Waals surface area contributed by atoms with Crippen molar-refractivity contribution in [2.75, 3.05) is 13.1 Å². The Bertz CT molecular complexity index is 796. The molecule has 1 unspecified atom stereocenters. The molecule has 120 valence electrons. The third-order valence-electron chi connectivity index (χ3n) is 3.98. The van der Waals surface area contributed by atoms with E-state index >= 15 is 0 Å². The van der Waals surface area contributed by atoms with Crippen LogP contribution in [0.25, 0.3) is 11.0 Å². The van der Waals surface area contributed by atoms with Crippen molar-refractivity contribution in [3.8, 4) is 0 Å². The molecule has 0 spiro atoms. The molecule has 1 amide bonds. The zero-order chi connectivity index (χ0) is 16.6. The number of amides is 1. The van der Waals surface area contributed by atoms with E-state index in [0.29, 0.717) is 30.4 Å². The Morgan fingerprint density at radius 3 is 2.83 bits per heavy atom. The van der Waals surface area contributed by atoms with Crippen molar-refractivity contribution < 1.29 is 24.0 Å². The summed E-state index contributed by atoms with van der Waals surface area (Å²) in [5, 5.41) is 20.3. The molecule has 1 N–H and O–H groups in total. The summed E-state index contributed by atoms with van der Waals surface area (Å²) >= 11 is 0. The van der Waals surface area contributed by atoms with Crippen LogP contribution in [0.4, 0.5) is 5.69 Å². The van der Waals surface area contributed by atoms with Gasteiger partial charge >= 0.3 is 5.97 Å². The fourth-order valence-corrected chi connectivity index (χ4v) is 2.77. The molecule has 0 saturated carbocycles. The van der Waals surface area contributed by atoms with Crippen LogP contribution in [0.1, 0.15) is 23.4 Å². The van der Waals surface area contributed by atoms with E-state index in [1.54, 1.807) is 0 Å². The number of nitrogens with zero attached hydrogens (tertiary/aromatic N) is 2. The van der Waals surface area contributed by atoms with Crippen LogP contribution in [-0.2, 0) is 4.79 Å². The number of rotatable bonds is 3. The summed E-state index contributed by atoms with van der Waals surface area (Å²) in [6.07, 6.45) is 1.17. The van der Waals surface area contributed by atoms with Crippen molar-refractivity contribution in [1.82, 2.24) is 4.90 Å². The van der Waals surface area contributed by atoms with Gasteiger partial charge in [0.05, 0.1) is 10.8 Å². The van der Waals surface area contributed by atoms with Crippen LogP contribution in [0, 0.1) is 16.0 Å². The molecule has 1 aliphatic heterocycles. The number of nitro groups is 1. The second kappa shape index (κ2) is 5.71. The number of fused-ring (bicyclic) bond motifs is 1. The molecular weight excluding hydrogens is 304 g/mol. The molecule has 2 heterocycles. The summed E-state index contributed by atoms with van der Waals surface area (Å²) in [4.78, 5) is 35.2. The maximum atomic E-state index is 12.5. The molecule has 0 aliphatic carbocycles. The van der Waals surface area contributed by atoms with Gasteiger partial charge in [-0.2, -0.15) is 0 Å². The van der Waals surface area contributed by atoms with Gasteiger partial charge in [0.2, 0.25) is 0 Å². The number of carbonyl (C=O) groups excluding carboxylic acids is 1. The number of carboxylic acids is 1. The molecule has 8 nitrogen and oxygen atoms in total. The minimum Gasteiger partial charge on any atom is -0.481 e. The van der Waals surface area contributed by atoms with Crippen molar-refractivity contribution in [1.29, 1.82) is 0 Å². The lowest BCUT2D eigenvalue weighted by Gasteiger charge is -2.29. The maximum Gasteiger partial charge on any atom is 0.308 e. The molecule has 0 radical (unpaired) electrons. The van der Waals surface area contributed by atoms with Gasteiger partial charge in [-0.25, -0.2) is 0 Å². The van der Waals surface area contributed by atoms with Crippen LogP contribution < -0.4 is 0 Å². The smallest absolute Gasteiger partial charge is 0.308 e. The number of carbonyl (C=O) groups is 2. The number of hydrogen-bond donors (Lipinski definition) is 1. The fraction of sp³-hybridized carbons (Fsp3) is 0.333. The van der Waals surface area contributed by atoms with Gasteiger partial charge < -0.3 is 14.4 Å². The van der Waals surface area contributed by atoms with Crippen LogP contribution in [0.2, 0.25) is 0 Å². The molecule has 1 aromatic carbocycles. The predicted molar refractivity (Wildman–Crippen MR) is 79.1 cm³/mol. The molecular formula is C15H14N2O6. The third kappa shape index (κ3) is 2.87. The molecule has 23 heavy (non-hydrogen) atoms. The first kappa shape index (κ1) is 15.0. The Hall–Kier alpha value is -2.90. The van der Waals surface area contributed by atoms with Gasteiger partial charge in [0.1, 0.15) is 5.58 Å². The van der Waals surface area contributed by atoms with Crippen LogP contribution in [0.5, 0.6) is 0 Å². The van der Waals surface area contributed by atoms with Crippen molar-refractivity contribution in [2.45, 2.75) is 12.8 Å². The standard InChI is InChI=1S/C15H14N2O6/c18-14(16-5-1-2-9(8-16)15(19)20)13-7-10-6-11(17(21)22)3-4-12(10)23-13/h3-4,6-7,9H,1-2,5,8H2,(H,19,20). The lowest BCUT2D eigenvalue weighted by atomic mass is 9.98. The minimum atomic E-state index is -0.914. The van der Waals surface area contributed by atoms with Crippen molar-refractivity contribution >= 4 is 28.5 Å². The first-order valence-corrected chi connectivity index (χ1v) is 7.16.